The third-order valence-corrected chi connectivity index (χ3v) is 5.01. The molecule has 0 heterocycles. The lowest BCUT2D eigenvalue weighted by atomic mass is 10.1. The van der Waals surface area contributed by atoms with Crippen LogP contribution in [0.2, 0.25) is 0 Å². The summed E-state index contributed by atoms with van der Waals surface area (Å²) in [6.07, 6.45) is 0.0304. The summed E-state index contributed by atoms with van der Waals surface area (Å²) in [4.78, 5) is 11.4. The molecule has 0 aromatic heterocycles. The highest BCUT2D eigenvalue weighted by atomic mass is 32.2. The molecule has 0 amide bonds. The van der Waals surface area contributed by atoms with Crippen LogP contribution in [0, 0.1) is 0 Å². The average molecular weight is 365 g/mol. The van der Waals surface area contributed by atoms with Crippen molar-refractivity contribution in [3.8, 4) is 11.5 Å². The zero-order valence-corrected chi connectivity index (χ0v) is 14.6. The molecule has 0 aliphatic heterocycles. The second-order valence-electron chi connectivity index (χ2n) is 5.22. The highest BCUT2D eigenvalue weighted by molar-refractivity contribution is 7.89. The normalized spacial score (nSPS) is 12.4. The predicted molar refractivity (Wildman–Crippen MR) is 91.4 cm³/mol. The molecule has 0 saturated heterocycles. The molecule has 2 aromatic carbocycles. The van der Waals surface area contributed by atoms with E-state index in [4.69, 9.17) is 9.47 Å². The maximum absolute atomic E-state index is 12.5. The number of carboxylic acids is 1. The number of nitrogens with one attached hydrogen (secondary N) is 1. The summed E-state index contributed by atoms with van der Waals surface area (Å²) in [6.45, 7) is 0. The van der Waals surface area contributed by atoms with Gasteiger partial charge in [0.25, 0.3) is 0 Å². The number of aliphatic carboxylic acids is 1. The third-order valence-electron chi connectivity index (χ3n) is 3.54. The van der Waals surface area contributed by atoms with Crippen LogP contribution >= 0.6 is 0 Å². The maximum Gasteiger partial charge on any atom is 0.322 e. The Balaban J connectivity index is 2.27. The van der Waals surface area contributed by atoms with Crippen molar-refractivity contribution in [3.05, 3.63) is 54.1 Å². The van der Waals surface area contributed by atoms with E-state index in [2.05, 4.69) is 4.72 Å². The first-order valence-corrected chi connectivity index (χ1v) is 8.87. The summed E-state index contributed by atoms with van der Waals surface area (Å²) in [5.41, 5.74) is 0.713. The van der Waals surface area contributed by atoms with Gasteiger partial charge in [-0.05, 0) is 24.1 Å². The van der Waals surface area contributed by atoms with Gasteiger partial charge in [0.05, 0.1) is 19.1 Å². The second-order valence-corrected chi connectivity index (χ2v) is 6.93. The lowest BCUT2D eigenvalue weighted by Crippen LogP contribution is -2.42. The van der Waals surface area contributed by atoms with E-state index in [1.807, 2.05) is 0 Å². The minimum absolute atomic E-state index is 0.0304. The number of sulfonamides is 1. The van der Waals surface area contributed by atoms with Crippen LogP contribution in [-0.4, -0.2) is 39.8 Å². The number of methoxy groups -OCH3 is 2. The molecule has 0 saturated carbocycles. The summed E-state index contributed by atoms with van der Waals surface area (Å²) >= 11 is 0. The van der Waals surface area contributed by atoms with Crippen molar-refractivity contribution in [2.75, 3.05) is 14.2 Å². The molecule has 0 spiro atoms. The lowest BCUT2D eigenvalue weighted by Gasteiger charge is -2.16. The van der Waals surface area contributed by atoms with Crippen LogP contribution in [0.15, 0.2) is 53.4 Å². The van der Waals surface area contributed by atoms with E-state index >= 15 is 0 Å². The Kier molecular flexibility index (Phi) is 6.00. The van der Waals surface area contributed by atoms with Gasteiger partial charge in [-0.15, -0.1) is 0 Å². The Morgan fingerprint density at radius 2 is 1.72 bits per heavy atom. The first-order valence-electron chi connectivity index (χ1n) is 7.38. The van der Waals surface area contributed by atoms with Gasteiger partial charge in [-0.3, -0.25) is 4.79 Å². The Bertz CT molecular complexity index is 835. The second kappa shape index (κ2) is 8.00. The Hall–Kier alpha value is -2.58. The number of carboxylic acid groups (broad SMARTS) is 1. The van der Waals surface area contributed by atoms with Crippen molar-refractivity contribution < 1.29 is 27.8 Å². The average Bonchev–Trinajstić information content (AvgIpc) is 2.61. The fourth-order valence-corrected chi connectivity index (χ4v) is 3.47. The van der Waals surface area contributed by atoms with Gasteiger partial charge in [-0.1, -0.05) is 30.3 Å². The van der Waals surface area contributed by atoms with Crippen molar-refractivity contribution >= 4 is 16.0 Å². The molecule has 0 fully saturated rings. The molecule has 1 atom stereocenters. The smallest absolute Gasteiger partial charge is 0.322 e. The highest BCUT2D eigenvalue weighted by Crippen LogP contribution is 2.29. The minimum atomic E-state index is -4.05. The summed E-state index contributed by atoms with van der Waals surface area (Å²) in [7, 11) is -1.23. The quantitative estimate of drug-likeness (QED) is 0.738. The standard InChI is InChI=1S/C17H19NO6S/c1-23-15-9-8-13(11-16(15)24-2)25(21,22)18-14(17(19)20)10-12-6-4-3-5-7-12/h3-9,11,14,18H,10H2,1-2H3,(H,19,20)/t14-/m0/s1. The maximum atomic E-state index is 12.5. The van der Waals surface area contributed by atoms with E-state index in [-0.39, 0.29) is 17.1 Å². The number of benzene rings is 2. The topological polar surface area (TPSA) is 102 Å². The molecule has 2 aromatic rings. The van der Waals surface area contributed by atoms with Crippen LogP contribution in [0.1, 0.15) is 5.56 Å². The lowest BCUT2D eigenvalue weighted by molar-refractivity contribution is -0.138. The molecule has 2 rings (SSSR count). The van der Waals surface area contributed by atoms with Crippen molar-refractivity contribution in [3.63, 3.8) is 0 Å². The number of rotatable bonds is 8. The van der Waals surface area contributed by atoms with Gasteiger partial charge in [0.1, 0.15) is 6.04 Å². The van der Waals surface area contributed by atoms with Crippen LogP contribution in [-0.2, 0) is 21.2 Å². The van der Waals surface area contributed by atoms with Gasteiger partial charge in [-0.25, -0.2) is 8.42 Å². The molecule has 8 heteroatoms. The molecule has 25 heavy (non-hydrogen) atoms. The first-order chi connectivity index (χ1) is 11.9. The molecular formula is C17H19NO6S. The SMILES string of the molecule is COc1ccc(S(=O)(=O)N[C@@H](Cc2ccccc2)C(=O)O)cc1OC. The molecule has 134 valence electrons. The third kappa shape index (κ3) is 4.71. The van der Waals surface area contributed by atoms with Gasteiger partial charge in [0.15, 0.2) is 11.5 Å². The van der Waals surface area contributed by atoms with E-state index in [0.717, 1.165) is 0 Å². The molecular weight excluding hydrogens is 346 g/mol. The van der Waals surface area contributed by atoms with Gasteiger partial charge in [0.2, 0.25) is 10.0 Å². The molecule has 0 aliphatic rings. The fraction of sp³-hybridized carbons (Fsp3) is 0.235. The fourth-order valence-electron chi connectivity index (χ4n) is 2.27. The van der Waals surface area contributed by atoms with E-state index in [0.29, 0.717) is 11.3 Å². The van der Waals surface area contributed by atoms with Crippen LogP contribution in [0.3, 0.4) is 0 Å². The highest BCUT2D eigenvalue weighted by Gasteiger charge is 2.26. The number of hydrogen-bond donors (Lipinski definition) is 2. The zero-order valence-electron chi connectivity index (χ0n) is 13.8. The summed E-state index contributed by atoms with van der Waals surface area (Å²) in [6, 6.07) is 11.6. The van der Waals surface area contributed by atoms with E-state index in [1.165, 1.54) is 32.4 Å². The van der Waals surface area contributed by atoms with E-state index in [1.54, 1.807) is 30.3 Å². The summed E-state index contributed by atoms with van der Waals surface area (Å²) in [5, 5.41) is 9.36. The number of ether oxygens (including phenoxy) is 2. The Labute approximate surface area is 146 Å². The molecule has 0 unspecified atom stereocenters. The predicted octanol–water partition coefficient (Wildman–Crippen LogP) is 1.68. The molecule has 2 N–H and O–H groups in total. The van der Waals surface area contributed by atoms with Crippen LogP contribution in [0.4, 0.5) is 0 Å². The molecule has 0 radical (unpaired) electrons. The van der Waals surface area contributed by atoms with Crippen LogP contribution < -0.4 is 14.2 Å². The van der Waals surface area contributed by atoms with Crippen LogP contribution in [0.25, 0.3) is 0 Å². The summed E-state index contributed by atoms with van der Waals surface area (Å²) < 4.78 is 37.4. The minimum Gasteiger partial charge on any atom is -0.493 e. The van der Waals surface area contributed by atoms with Gasteiger partial charge in [-0.2, -0.15) is 4.72 Å². The van der Waals surface area contributed by atoms with Crippen molar-refractivity contribution in [2.24, 2.45) is 0 Å². The Morgan fingerprint density at radius 1 is 1.08 bits per heavy atom. The first kappa shape index (κ1) is 18.8. The Morgan fingerprint density at radius 3 is 2.28 bits per heavy atom. The van der Waals surface area contributed by atoms with Gasteiger partial charge in [0, 0.05) is 6.07 Å². The molecule has 0 aliphatic carbocycles. The van der Waals surface area contributed by atoms with E-state index < -0.39 is 22.0 Å². The monoisotopic (exact) mass is 365 g/mol. The molecule has 7 nitrogen and oxygen atoms in total. The van der Waals surface area contributed by atoms with Gasteiger partial charge < -0.3 is 14.6 Å². The van der Waals surface area contributed by atoms with E-state index in [9.17, 15) is 18.3 Å². The van der Waals surface area contributed by atoms with Crippen molar-refractivity contribution in [2.45, 2.75) is 17.4 Å². The van der Waals surface area contributed by atoms with Gasteiger partial charge >= 0.3 is 5.97 Å². The van der Waals surface area contributed by atoms with Crippen LogP contribution in [0.5, 0.6) is 11.5 Å². The largest absolute Gasteiger partial charge is 0.493 e. The zero-order chi connectivity index (χ0) is 18.4. The van der Waals surface area contributed by atoms with Crippen molar-refractivity contribution in [1.29, 1.82) is 0 Å². The summed E-state index contributed by atoms with van der Waals surface area (Å²) in [5.74, 6) is -0.645. The number of carbonyl (C=O) groups is 1. The molecule has 0 bridgehead atoms. The number of hydrogen-bond acceptors (Lipinski definition) is 5. The van der Waals surface area contributed by atoms with Crippen molar-refractivity contribution in [1.82, 2.24) is 4.72 Å².